The van der Waals surface area contributed by atoms with Crippen LogP contribution < -0.4 is 14.5 Å². The van der Waals surface area contributed by atoms with E-state index in [-0.39, 0.29) is 6.61 Å². The Morgan fingerprint density at radius 3 is 2.52 bits per heavy atom. The molecule has 1 aliphatic rings. The minimum Gasteiger partial charge on any atom is -0.495 e. The average molecular weight is 530 g/mol. The summed E-state index contributed by atoms with van der Waals surface area (Å²) in [6.07, 6.45) is 7.50. The number of ether oxygens (including phenoxy) is 1. The number of imidazole rings is 1. The molecular formula is C23H22BrClN6O2. The molecule has 8 nitrogen and oxygen atoms in total. The Bertz CT molecular complexity index is 1290. The largest absolute Gasteiger partial charge is 0.495 e. The first kappa shape index (κ1) is 21.9. The van der Waals surface area contributed by atoms with Crippen molar-refractivity contribution in [1.82, 2.24) is 19.4 Å². The van der Waals surface area contributed by atoms with Gasteiger partial charge in [-0.3, -0.25) is 0 Å². The monoisotopic (exact) mass is 528 g/mol. The van der Waals surface area contributed by atoms with Gasteiger partial charge in [-0.15, -0.1) is 0 Å². The van der Waals surface area contributed by atoms with Crippen molar-refractivity contribution in [2.75, 3.05) is 43.1 Å². The molecule has 33 heavy (non-hydrogen) atoms. The van der Waals surface area contributed by atoms with Crippen LogP contribution >= 0.6 is 27.5 Å². The predicted octanol–water partition coefficient (Wildman–Crippen LogP) is 4.03. The lowest BCUT2D eigenvalue weighted by molar-refractivity contribution is 0.281. The standard InChI is InChI=1S/C23H22BrClN6O2/c1-33-21-8-15(14-32)18(10-19(21)25)20-13-31-3-2-17(9-22(31)28-20)29-4-6-30(7-5-29)23-26-11-16(24)12-27-23/h2-3,8-13,32H,4-7,14H2,1H3. The van der Waals surface area contributed by atoms with E-state index in [1.165, 1.54) is 0 Å². The van der Waals surface area contributed by atoms with Gasteiger partial charge in [0.2, 0.25) is 5.95 Å². The molecule has 1 aliphatic heterocycles. The van der Waals surface area contributed by atoms with E-state index in [0.29, 0.717) is 16.3 Å². The van der Waals surface area contributed by atoms with Crippen LogP contribution in [0.5, 0.6) is 5.75 Å². The lowest BCUT2D eigenvalue weighted by Gasteiger charge is -2.36. The molecule has 1 N–H and O–H groups in total. The molecule has 0 spiro atoms. The molecule has 5 rings (SSSR count). The summed E-state index contributed by atoms with van der Waals surface area (Å²) in [4.78, 5) is 18.1. The van der Waals surface area contributed by atoms with Gasteiger partial charge in [-0.2, -0.15) is 0 Å². The number of pyridine rings is 1. The number of methoxy groups -OCH3 is 1. The van der Waals surface area contributed by atoms with Crippen LogP contribution in [0.3, 0.4) is 0 Å². The van der Waals surface area contributed by atoms with Gasteiger partial charge >= 0.3 is 0 Å². The van der Waals surface area contributed by atoms with Crippen molar-refractivity contribution in [2.45, 2.75) is 6.61 Å². The molecule has 0 aliphatic carbocycles. The number of aliphatic hydroxyl groups excluding tert-OH is 1. The van der Waals surface area contributed by atoms with Gasteiger partial charge in [-0.1, -0.05) is 11.6 Å². The number of anilines is 2. The summed E-state index contributed by atoms with van der Waals surface area (Å²) in [5, 5.41) is 10.3. The molecule has 4 aromatic rings. The summed E-state index contributed by atoms with van der Waals surface area (Å²) in [6, 6.07) is 7.72. The molecule has 0 saturated carbocycles. The van der Waals surface area contributed by atoms with Gasteiger partial charge in [0.15, 0.2) is 0 Å². The molecule has 1 fully saturated rings. The van der Waals surface area contributed by atoms with Gasteiger partial charge in [0.1, 0.15) is 11.4 Å². The minimum absolute atomic E-state index is 0.131. The van der Waals surface area contributed by atoms with E-state index < -0.39 is 0 Å². The van der Waals surface area contributed by atoms with E-state index in [1.54, 1.807) is 31.6 Å². The molecule has 0 amide bonds. The van der Waals surface area contributed by atoms with Crippen molar-refractivity contribution in [1.29, 1.82) is 0 Å². The van der Waals surface area contributed by atoms with Crippen LogP contribution in [0.15, 0.2) is 53.5 Å². The maximum absolute atomic E-state index is 9.84. The van der Waals surface area contributed by atoms with Crippen molar-refractivity contribution in [3.8, 4) is 17.0 Å². The second-order valence-electron chi connectivity index (χ2n) is 7.75. The predicted molar refractivity (Wildman–Crippen MR) is 132 cm³/mol. The number of piperazine rings is 1. The van der Waals surface area contributed by atoms with Crippen LogP contribution in [-0.4, -0.2) is 57.7 Å². The summed E-state index contributed by atoms with van der Waals surface area (Å²) in [7, 11) is 1.56. The fraction of sp³-hybridized carbons (Fsp3) is 0.261. The number of aliphatic hydroxyl groups is 1. The van der Waals surface area contributed by atoms with E-state index in [4.69, 9.17) is 21.3 Å². The Kier molecular flexibility index (Phi) is 6.09. The third-order valence-corrected chi connectivity index (χ3v) is 6.51. The van der Waals surface area contributed by atoms with Gasteiger partial charge in [-0.05, 0) is 39.7 Å². The fourth-order valence-electron chi connectivity index (χ4n) is 4.05. The summed E-state index contributed by atoms with van der Waals surface area (Å²) >= 11 is 9.71. The quantitative estimate of drug-likeness (QED) is 0.418. The molecule has 3 aromatic heterocycles. The zero-order chi connectivity index (χ0) is 22.9. The maximum atomic E-state index is 9.84. The Morgan fingerprint density at radius 1 is 1.09 bits per heavy atom. The molecule has 1 saturated heterocycles. The second kappa shape index (κ2) is 9.17. The van der Waals surface area contributed by atoms with E-state index in [2.05, 4.69) is 47.8 Å². The van der Waals surface area contributed by atoms with Crippen LogP contribution in [0.1, 0.15) is 5.56 Å². The number of benzene rings is 1. The van der Waals surface area contributed by atoms with Gasteiger partial charge < -0.3 is 24.0 Å². The number of rotatable bonds is 5. The normalized spacial score (nSPS) is 14.2. The molecule has 0 bridgehead atoms. The zero-order valence-electron chi connectivity index (χ0n) is 17.9. The SMILES string of the molecule is COc1cc(CO)c(-c2cn3ccc(N4CCN(c5ncc(Br)cn5)CC4)cc3n2)cc1Cl. The second-order valence-corrected chi connectivity index (χ2v) is 9.08. The van der Waals surface area contributed by atoms with Crippen molar-refractivity contribution in [3.63, 3.8) is 0 Å². The molecule has 170 valence electrons. The third-order valence-electron chi connectivity index (χ3n) is 5.80. The van der Waals surface area contributed by atoms with Crippen LogP contribution in [0.25, 0.3) is 16.9 Å². The minimum atomic E-state index is -0.131. The van der Waals surface area contributed by atoms with Crippen LogP contribution in [0.2, 0.25) is 5.02 Å². The molecule has 1 aromatic carbocycles. The highest BCUT2D eigenvalue weighted by atomic mass is 79.9. The highest BCUT2D eigenvalue weighted by Gasteiger charge is 2.20. The number of halogens is 2. The summed E-state index contributed by atoms with van der Waals surface area (Å²) in [5.74, 6) is 1.28. The van der Waals surface area contributed by atoms with Gasteiger partial charge in [0, 0.05) is 68.3 Å². The molecule has 0 atom stereocenters. The topological polar surface area (TPSA) is 79.0 Å². The summed E-state index contributed by atoms with van der Waals surface area (Å²) in [5.41, 5.74) is 4.20. The maximum Gasteiger partial charge on any atom is 0.225 e. The van der Waals surface area contributed by atoms with Crippen LogP contribution in [0.4, 0.5) is 11.6 Å². The van der Waals surface area contributed by atoms with Crippen LogP contribution in [-0.2, 0) is 6.61 Å². The zero-order valence-corrected chi connectivity index (χ0v) is 20.3. The molecule has 0 unspecified atom stereocenters. The van der Waals surface area contributed by atoms with E-state index >= 15 is 0 Å². The Hall–Kier alpha value is -2.88. The molecular weight excluding hydrogens is 508 g/mol. The van der Waals surface area contributed by atoms with Crippen molar-refractivity contribution < 1.29 is 9.84 Å². The van der Waals surface area contributed by atoms with E-state index in [0.717, 1.165) is 59.2 Å². The van der Waals surface area contributed by atoms with Crippen molar-refractivity contribution >= 4 is 44.8 Å². The molecule has 0 radical (unpaired) electrons. The number of aromatic nitrogens is 4. The van der Waals surface area contributed by atoms with Crippen molar-refractivity contribution in [2.24, 2.45) is 0 Å². The Labute approximate surface area is 204 Å². The number of nitrogens with zero attached hydrogens (tertiary/aromatic N) is 6. The first-order valence-corrected chi connectivity index (χ1v) is 11.7. The molecule has 10 heteroatoms. The highest BCUT2D eigenvalue weighted by Crippen LogP contribution is 2.34. The van der Waals surface area contributed by atoms with Gasteiger partial charge in [0.05, 0.1) is 28.9 Å². The molecule has 4 heterocycles. The van der Waals surface area contributed by atoms with E-state index in [1.807, 2.05) is 16.8 Å². The summed E-state index contributed by atoms with van der Waals surface area (Å²) < 4.78 is 8.13. The first-order chi connectivity index (χ1) is 16.1. The fourth-order valence-corrected chi connectivity index (χ4v) is 4.50. The summed E-state index contributed by atoms with van der Waals surface area (Å²) in [6.45, 7) is 3.29. The van der Waals surface area contributed by atoms with Crippen molar-refractivity contribution in [3.05, 3.63) is 64.1 Å². The Balaban J connectivity index is 1.37. The lowest BCUT2D eigenvalue weighted by Crippen LogP contribution is -2.47. The number of hydrogen-bond donors (Lipinski definition) is 1. The average Bonchev–Trinajstić information content (AvgIpc) is 3.28. The third kappa shape index (κ3) is 4.36. The number of fused-ring (bicyclic) bond motifs is 1. The Morgan fingerprint density at radius 2 is 1.82 bits per heavy atom. The smallest absolute Gasteiger partial charge is 0.225 e. The van der Waals surface area contributed by atoms with Gasteiger partial charge in [-0.25, -0.2) is 15.0 Å². The lowest BCUT2D eigenvalue weighted by atomic mass is 10.1. The van der Waals surface area contributed by atoms with Crippen LogP contribution in [0, 0.1) is 0 Å². The highest BCUT2D eigenvalue weighted by molar-refractivity contribution is 9.10. The van der Waals surface area contributed by atoms with E-state index in [9.17, 15) is 5.11 Å². The first-order valence-electron chi connectivity index (χ1n) is 10.5. The number of hydrogen-bond acceptors (Lipinski definition) is 7. The van der Waals surface area contributed by atoms with Gasteiger partial charge in [0.25, 0.3) is 0 Å².